The molecule has 1 N–H and O–H groups in total. The minimum atomic E-state index is 0.393. The second-order valence-electron chi connectivity index (χ2n) is 2.41. The molecule has 0 rings (SSSR count). The van der Waals surface area contributed by atoms with E-state index in [0.717, 1.165) is 5.70 Å². The van der Waals surface area contributed by atoms with Gasteiger partial charge in [0.15, 0.2) is 0 Å². The monoisotopic (exact) mass is 154 g/mol. The van der Waals surface area contributed by atoms with Crippen molar-refractivity contribution in [3.05, 3.63) is 11.8 Å². The van der Waals surface area contributed by atoms with Crippen molar-refractivity contribution in [3.63, 3.8) is 0 Å². The summed E-state index contributed by atoms with van der Waals surface area (Å²) in [6, 6.07) is 0. The van der Waals surface area contributed by atoms with Crippen LogP contribution in [0.4, 0.5) is 0 Å². The Bertz CT molecular complexity index is 171. The molecule has 0 spiro atoms. The summed E-state index contributed by atoms with van der Waals surface area (Å²) in [5, 5.41) is 2.35. The van der Waals surface area contributed by atoms with E-state index < -0.39 is 0 Å². The Morgan fingerprint density at radius 2 is 2.18 bits per heavy atom. The molecule has 0 fully saturated rings. The summed E-state index contributed by atoms with van der Waals surface area (Å²) in [5.41, 5.74) is 0.972. The Labute approximate surface area is 67.2 Å². The van der Waals surface area contributed by atoms with E-state index in [0.29, 0.717) is 12.3 Å². The largest absolute Gasteiger partial charge is 0.319 e. The lowest BCUT2D eigenvalue weighted by atomic mass is 10.1. The van der Waals surface area contributed by atoms with Crippen molar-refractivity contribution in [2.75, 3.05) is 0 Å². The second-order valence-corrected chi connectivity index (χ2v) is 2.41. The fraction of sp³-hybridized carbons (Fsp3) is 0.500. The maximum absolute atomic E-state index is 9.82. The van der Waals surface area contributed by atoms with E-state index in [1.165, 1.54) is 6.34 Å². The number of hydrogen-bond donors (Lipinski definition) is 1. The molecule has 0 aliphatic carbocycles. The molecule has 1 amide bonds. The van der Waals surface area contributed by atoms with Gasteiger partial charge in [-0.05, 0) is 12.8 Å². The SMILES string of the molecule is C/C=C(\N=CNC=O)C(C)C. The molecule has 0 aromatic rings. The first-order valence-electron chi connectivity index (χ1n) is 3.60. The van der Waals surface area contributed by atoms with Gasteiger partial charge in [0, 0.05) is 5.70 Å². The minimum Gasteiger partial charge on any atom is -0.319 e. The van der Waals surface area contributed by atoms with E-state index >= 15 is 0 Å². The number of aliphatic imine (C=N–C) groups is 1. The standard InChI is InChI=1S/C8H14N2O/c1-4-8(7(2)3)10-5-9-6-11/h4-7H,1-3H3,(H,9,10,11)/b8-4-. The highest BCUT2D eigenvalue weighted by molar-refractivity contribution is 5.72. The molecule has 0 radical (unpaired) electrons. The minimum absolute atomic E-state index is 0.393. The second kappa shape index (κ2) is 5.65. The van der Waals surface area contributed by atoms with Gasteiger partial charge in [0.1, 0.15) is 0 Å². The number of carbonyl (C=O) groups is 1. The van der Waals surface area contributed by atoms with Crippen molar-refractivity contribution >= 4 is 12.7 Å². The third-order valence-corrected chi connectivity index (χ3v) is 1.24. The summed E-state index contributed by atoms with van der Waals surface area (Å²) in [7, 11) is 0. The molecule has 0 aliphatic heterocycles. The predicted octanol–water partition coefficient (Wildman–Crippen LogP) is 1.32. The Kier molecular flexibility index (Phi) is 5.07. The zero-order valence-electron chi connectivity index (χ0n) is 7.16. The smallest absolute Gasteiger partial charge is 0.212 e. The summed E-state index contributed by atoms with van der Waals surface area (Å²) in [6.45, 7) is 6.02. The molecule has 0 unspecified atom stereocenters. The van der Waals surface area contributed by atoms with Crippen molar-refractivity contribution in [2.24, 2.45) is 10.9 Å². The van der Waals surface area contributed by atoms with Crippen LogP contribution in [0.5, 0.6) is 0 Å². The first kappa shape index (κ1) is 9.88. The first-order valence-corrected chi connectivity index (χ1v) is 3.60. The average Bonchev–Trinajstić information content (AvgIpc) is 1.97. The van der Waals surface area contributed by atoms with Crippen LogP contribution in [0.25, 0.3) is 0 Å². The van der Waals surface area contributed by atoms with Gasteiger partial charge in [0.2, 0.25) is 6.41 Å². The topological polar surface area (TPSA) is 41.5 Å². The molecule has 0 aromatic heterocycles. The highest BCUT2D eigenvalue weighted by Crippen LogP contribution is 2.08. The van der Waals surface area contributed by atoms with Gasteiger partial charge in [-0.2, -0.15) is 0 Å². The zero-order valence-corrected chi connectivity index (χ0v) is 7.16. The van der Waals surface area contributed by atoms with Crippen LogP contribution in [0.3, 0.4) is 0 Å². The number of nitrogens with one attached hydrogen (secondary N) is 1. The van der Waals surface area contributed by atoms with Crippen molar-refractivity contribution in [2.45, 2.75) is 20.8 Å². The van der Waals surface area contributed by atoms with Crippen molar-refractivity contribution in [3.8, 4) is 0 Å². The zero-order chi connectivity index (χ0) is 8.69. The Morgan fingerprint density at radius 3 is 2.55 bits per heavy atom. The van der Waals surface area contributed by atoms with E-state index in [-0.39, 0.29) is 0 Å². The van der Waals surface area contributed by atoms with Crippen LogP contribution >= 0.6 is 0 Å². The predicted molar refractivity (Wildman–Crippen MR) is 46.3 cm³/mol. The normalized spacial score (nSPS) is 12.5. The number of hydrogen-bond acceptors (Lipinski definition) is 2. The van der Waals surface area contributed by atoms with E-state index in [1.54, 1.807) is 0 Å². The van der Waals surface area contributed by atoms with Gasteiger partial charge in [0.25, 0.3) is 0 Å². The van der Waals surface area contributed by atoms with Gasteiger partial charge in [0.05, 0.1) is 6.34 Å². The molecule has 0 bridgehead atoms. The van der Waals surface area contributed by atoms with Gasteiger partial charge in [-0.3, -0.25) is 4.79 Å². The third-order valence-electron chi connectivity index (χ3n) is 1.24. The quantitative estimate of drug-likeness (QED) is 0.370. The number of rotatable bonds is 4. The molecule has 62 valence electrons. The first-order chi connectivity index (χ1) is 5.22. The number of allylic oxidation sites excluding steroid dienone is 2. The summed E-state index contributed by atoms with van der Waals surface area (Å²) >= 11 is 0. The van der Waals surface area contributed by atoms with E-state index in [9.17, 15) is 4.79 Å². The lowest BCUT2D eigenvalue weighted by Gasteiger charge is -2.02. The van der Waals surface area contributed by atoms with Gasteiger partial charge < -0.3 is 5.32 Å². The fourth-order valence-electron chi connectivity index (χ4n) is 0.699. The number of carbonyl (C=O) groups excluding carboxylic acids is 1. The van der Waals surface area contributed by atoms with Gasteiger partial charge in [-0.15, -0.1) is 0 Å². The summed E-state index contributed by atoms with van der Waals surface area (Å²) in [5.74, 6) is 0.393. The van der Waals surface area contributed by atoms with Gasteiger partial charge in [-0.1, -0.05) is 19.9 Å². The summed E-state index contributed by atoms with van der Waals surface area (Å²) < 4.78 is 0. The summed E-state index contributed by atoms with van der Waals surface area (Å²) in [4.78, 5) is 13.8. The van der Waals surface area contributed by atoms with Crippen LogP contribution < -0.4 is 5.32 Å². The van der Waals surface area contributed by atoms with E-state index in [4.69, 9.17) is 0 Å². The lowest BCUT2D eigenvalue weighted by molar-refractivity contribution is -0.108. The maximum Gasteiger partial charge on any atom is 0.212 e. The Hall–Kier alpha value is -1.12. The highest BCUT2D eigenvalue weighted by atomic mass is 16.1. The van der Waals surface area contributed by atoms with Crippen molar-refractivity contribution < 1.29 is 4.79 Å². The number of amides is 1. The van der Waals surface area contributed by atoms with Crippen molar-refractivity contribution in [1.82, 2.24) is 5.32 Å². The van der Waals surface area contributed by atoms with Crippen LogP contribution in [0.1, 0.15) is 20.8 Å². The van der Waals surface area contributed by atoms with E-state index in [2.05, 4.69) is 10.3 Å². The molecule has 0 heterocycles. The lowest BCUT2D eigenvalue weighted by Crippen LogP contribution is -2.07. The van der Waals surface area contributed by atoms with Crippen LogP contribution in [-0.4, -0.2) is 12.7 Å². The van der Waals surface area contributed by atoms with Gasteiger partial charge >= 0.3 is 0 Å². The van der Waals surface area contributed by atoms with Crippen LogP contribution in [0.15, 0.2) is 16.8 Å². The fourth-order valence-corrected chi connectivity index (χ4v) is 0.699. The molecule has 3 heteroatoms. The molecule has 0 aliphatic rings. The Balaban J connectivity index is 3.98. The average molecular weight is 154 g/mol. The van der Waals surface area contributed by atoms with Gasteiger partial charge in [-0.25, -0.2) is 4.99 Å². The third kappa shape index (κ3) is 4.31. The Morgan fingerprint density at radius 1 is 1.55 bits per heavy atom. The molecule has 0 saturated heterocycles. The molecular formula is C8H14N2O. The molecular weight excluding hydrogens is 140 g/mol. The number of nitrogens with zero attached hydrogens (tertiary/aromatic N) is 1. The van der Waals surface area contributed by atoms with Crippen LogP contribution in [0, 0.1) is 5.92 Å². The molecule has 0 atom stereocenters. The maximum atomic E-state index is 9.82. The summed E-state index contributed by atoms with van der Waals surface area (Å²) in [6.07, 6.45) is 3.91. The molecule has 0 aromatic carbocycles. The van der Waals surface area contributed by atoms with Crippen LogP contribution in [0.2, 0.25) is 0 Å². The van der Waals surface area contributed by atoms with Crippen LogP contribution in [-0.2, 0) is 4.79 Å². The molecule has 11 heavy (non-hydrogen) atoms. The van der Waals surface area contributed by atoms with Crippen molar-refractivity contribution in [1.29, 1.82) is 0 Å². The molecule has 3 nitrogen and oxygen atoms in total. The highest BCUT2D eigenvalue weighted by Gasteiger charge is 1.96. The van der Waals surface area contributed by atoms with E-state index in [1.807, 2.05) is 26.8 Å². The molecule has 0 saturated carbocycles.